The van der Waals surface area contributed by atoms with Gasteiger partial charge in [0.2, 0.25) is 0 Å². The van der Waals surface area contributed by atoms with Gasteiger partial charge in [-0.3, -0.25) is 14.9 Å². The van der Waals surface area contributed by atoms with Crippen molar-refractivity contribution in [3.8, 4) is 10.4 Å². The van der Waals surface area contributed by atoms with Gasteiger partial charge in [0.25, 0.3) is 5.91 Å². The zero-order valence-corrected chi connectivity index (χ0v) is 17.4. The molecule has 3 aromatic heterocycles. The molecule has 0 radical (unpaired) electrons. The number of H-pyrrole nitrogens is 1. The highest BCUT2D eigenvalue weighted by atomic mass is 32.1. The van der Waals surface area contributed by atoms with E-state index < -0.39 is 5.60 Å². The van der Waals surface area contributed by atoms with E-state index in [1.165, 1.54) is 0 Å². The molecule has 29 heavy (non-hydrogen) atoms. The second-order valence-electron chi connectivity index (χ2n) is 8.15. The molecule has 2 saturated heterocycles. The number of aromatic amines is 1. The Labute approximate surface area is 173 Å². The van der Waals surface area contributed by atoms with Crippen molar-refractivity contribution in [3.05, 3.63) is 59.5 Å². The zero-order valence-electron chi connectivity index (χ0n) is 16.5. The lowest BCUT2D eigenvalue weighted by atomic mass is 9.82. The van der Waals surface area contributed by atoms with Crippen molar-refractivity contribution < 1.29 is 9.53 Å². The maximum absolute atomic E-state index is 13.5. The summed E-state index contributed by atoms with van der Waals surface area (Å²) in [5, 5.41) is 8.80. The molecule has 0 aromatic carbocycles. The van der Waals surface area contributed by atoms with E-state index in [4.69, 9.17) is 4.74 Å². The normalized spacial score (nSPS) is 28.6. The quantitative estimate of drug-likeness (QED) is 0.706. The van der Waals surface area contributed by atoms with E-state index in [0.717, 1.165) is 41.0 Å². The highest BCUT2D eigenvalue weighted by Crippen LogP contribution is 2.49. The molecule has 5 heterocycles. The fraction of sp³-hybridized carbons (Fsp3) is 0.409. The van der Waals surface area contributed by atoms with Gasteiger partial charge >= 0.3 is 0 Å². The summed E-state index contributed by atoms with van der Waals surface area (Å²) in [7, 11) is 1.77. The fourth-order valence-electron chi connectivity index (χ4n) is 5.09. The van der Waals surface area contributed by atoms with Gasteiger partial charge in [-0.1, -0.05) is 13.0 Å². The van der Waals surface area contributed by atoms with Crippen LogP contribution in [0.15, 0.2) is 48.2 Å². The summed E-state index contributed by atoms with van der Waals surface area (Å²) < 4.78 is 6.07. The average molecular weight is 409 g/mol. The minimum atomic E-state index is -0.422. The number of carbonyl (C=O) groups is 1. The van der Waals surface area contributed by atoms with Crippen molar-refractivity contribution in [1.82, 2.24) is 20.1 Å². The number of pyridine rings is 1. The van der Waals surface area contributed by atoms with Crippen LogP contribution in [0.1, 0.15) is 42.2 Å². The van der Waals surface area contributed by atoms with Crippen molar-refractivity contribution in [3.63, 3.8) is 0 Å². The van der Waals surface area contributed by atoms with Crippen LogP contribution in [0.5, 0.6) is 0 Å². The minimum Gasteiger partial charge on any atom is -0.372 e. The number of thiophene rings is 1. The monoisotopic (exact) mass is 408 g/mol. The molecule has 0 aliphatic carbocycles. The number of ether oxygens (including phenoxy) is 1. The van der Waals surface area contributed by atoms with Gasteiger partial charge in [-0.25, -0.2) is 0 Å². The molecule has 7 heteroatoms. The summed E-state index contributed by atoms with van der Waals surface area (Å²) in [5.41, 5.74) is 2.32. The first kappa shape index (κ1) is 18.5. The Kier molecular flexibility index (Phi) is 4.52. The van der Waals surface area contributed by atoms with Crippen LogP contribution in [0.2, 0.25) is 0 Å². The largest absolute Gasteiger partial charge is 0.372 e. The zero-order chi connectivity index (χ0) is 20.0. The van der Waals surface area contributed by atoms with Crippen LogP contribution >= 0.6 is 11.3 Å². The maximum Gasteiger partial charge on any atom is 0.255 e. The van der Waals surface area contributed by atoms with Crippen LogP contribution in [0.3, 0.4) is 0 Å². The molecule has 150 valence electrons. The van der Waals surface area contributed by atoms with Gasteiger partial charge in [0.05, 0.1) is 17.5 Å². The molecule has 0 saturated carbocycles. The number of aromatic nitrogens is 3. The first-order chi connectivity index (χ1) is 14.1. The summed E-state index contributed by atoms with van der Waals surface area (Å²) in [4.78, 5) is 21.2. The van der Waals surface area contributed by atoms with Crippen molar-refractivity contribution in [2.75, 3.05) is 7.11 Å². The van der Waals surface area contributed by atoms with Gasteiger partial charge in [0.15, 0.2) is 0 Å². The Bertz CT molecular complexity index is 1000. The number of amides is 1. The molecule has 2 bridgehead atoms. The fourth-order valence-corrected chi connectivity index (χ4v) is 5.96. The summed E-state index contributed by atoms with van der Waals surface area (Å²) >= 11 is 1.58. The number of hydrogen-bond acceptors (Lipinski definition) is 5. The smallest absolute Gasteiger partial charge is 0.255 e. The number of piperidine rings is 1. The second kappa shape index (κ2) is 7.07. The first-order valence-corrected chi connectivity index (χ1v) is 10.9. The molecule has 4 atom stereocenters. The highest BCUT2D eigenvalue weighted by Gasteiger charge is 2.54. The minimum absolute atomic E-state index is 0.126. The van der Waals surface area contributed by atoms with E-state index in [0.29, 0.717) is 5.92 Å². The predicted octanol–water partition coefficient (Wildman–Crippen LogP) is 4.09. The molecule has 0 spiro atoms. The van der Waals surface area contributed by atoms with E-state index in [1.54, 1.807) is 24.6 Å². The molecule has 6 nitrogen and oxygen atoms in total. The molecule has 4 unspecified atom stereocenters. The Morgan fingerprint density at radius 2 is 2.28 bits per heavy atom. The van der Waals surface area contributed by atoms with Gasteiger partial charge in [0, 0.05) is 60.2 Å². The van der Waals surface area contributed by atoms with Crippen molar-refractivity contribution in [1.29, 1.82) is 0 Å². The number of nitrogens with one attached hydrogen (secondary N) is 1. The van der Waals surface area contributed by atoms with Gasteiger partial charge in [-0.2, -0.15) is 5.10 Å². The third-order valence-corrected chi connectivity index (χ3v) is 7.52. The molecular formula is C22H24N4O2S. The molecule has 5 rings (SSSR count). The molecule has 2 aliphatic heterocycles. The van der Waals surface area contributed by atoms with Gasteiger partial charge in [-0.15, -0.1) is 11.3 Å². The molecule has 2 fully saturated rings. The van der Waals surface area contributed by atoms with E-state index in [-0.39, 0.29) is 18.0 Å². The Morgan fingerprint density at radius 1 is 1.38 bits per heavy atom. The van der Waals surface area contributed by atoms with E-state index in [9.17, 15) is 4.79 Å². The number of fused-ring (bicyclic) bond motifs is 2. The molecule has 3 aromatic rings. The van der Waals surface area contributed by atoms with Crippen molar-refractivity contribution in [2.24, 2.45) is 5.92 Å². The number of rotatable bonds is 4. The SMILES string of the molecule is COC1(c2ccccn2)CC2CC(C)C(C1)N2C(=O)c1csc(-c2cn[nH]c2)c1. The lowest BCUT2D eigenvalue weighted by molar-refractivity contribution is -0.0835. The predicted molar refractivity (Wildman–Crippen MR) is 112 cm³/mol. The third-order valence-electron chi connectivity index (χ3n) is 6.54. The average Bonchev–Trinajstić information content (AvgIpc) is 3.48. The Hall–Kier alpha value is -2.51. The number of nitrogens with zero attached hydrogens (tertiary/aromatic N) is 3. The second-order valence-corrected chi connectivity index (χ2v) is 9.07. The van der Waals surface area contributed by atoms with E-state index in [1.807, 2.05) is 42.0 Å². The van der Waals surface area contributed by atoms with Crippen molar-refractivity contribution >= 4 is 17.2 Å². The van der Waals surface area contributed by atoms with Crippen LogP contribution in [0, 0.1) is 5.92 Å². The number of carbonyl (C=O) groups excluding carboxylic acids is 1. The topological polar surface area (TPSA) is 71.1 Å². The lowest BCUT2D eigenvalue weighted by Crippen LogP contribution is -2.53. The summed E-state index contributed by atoms with van der Waals surface area (Å²) in [6.07, 6.45) is 8.03. The molecule has 2 aliphatic rings. The molecule has 1 amide bonds. The van der Waals surface area contributed by atoms with Crippen LogP contribution < -0.4 is 0 Å². The number of hydrogen-bond donors (Lipinski definition) is 1. The van der Waals surface area contributed by atoms with E-state index in [2.05, 4.69) is 27.0 Å². The summed E-state index contributed by atoms with van der Waals surface area (Å²) in [6, 6.07) is 8.28. The van der Waals surface area contributed by atoms with Crippen LogP contribution in [0.4, 0.5) is 0 Å². The van der Waals surface area contributed by atoms with Gasteiger partial charge < -0.3 is 9.64 Å². The summed E-state index contributed by atoms with van der Waals surface area (Å²) in [5.74, 6) is 0.567. The summed E-state index contributed by atoms with van der Waals surface area (Å²) in [6.45, 7) is 2.25. The number of methoxy groups -OCH3 is 1. The van der Waals surface area contributed by atoms with Crippen LogP contribution in [-0.4, -0.2) is 45.2 Å². The van der Waals surface area contributed by atoms with Gasteiger partial charge in [-0.05, 0) is 30.5 Å². The first-order valence-electron chi connectivity index (χ1n) is 9.98. The van der Waals surface area contributed by atoms with E-state index >= 15 is 0 Å². The van der Waals surface area contributed by atoms with Crippen molar-refractivity contribution in [2.45, 2.75) is 43.9 Å². The maximum atomic E-state index is 13.5. The Morgan fingerprint density at radius 3 is 2.97 bits per heavy atom. The highest BCUT2D eigenvalue weighted by molar-refractivity contribution is 7.13. The molecular weight excluding hydrogens is 384 g/mol. The lowest BCUT2D eigenvalue weighted by Gasteiger charge is -2.46. The van der Waals surface area contributed by atoms with Crippen LogP contribution in [0.25, 0.3) is 10.4 Å². The standard InChI is InChI=1S/C22H24N4O2S/c1-14-7-17-9-22(28-2,20-5-3-4-6-23-20)10-18(14)26(17)21(27)15-8-19(29-13-15)16-11-24-25-12-16/h3-6,8,11-14,17-18H,7,9-10H2,1-2H3,(H,24,25). The molecule has 1 N–H and O–H groups in total. The third kappa shape index (κ3) is 3.00. The Balaban J connectivity index is 1.44. The van der Waals surface area contributed by atoms with Crippen LogP contribution in [-0.2, 0) is 10.3 Å². The van der Waals surface area contributed by atoms with Gasteiger partial charge in [0.1, 0.15) is 5.60 Å².